The first kappa shape index (κ1) is 16.2. The summed E-state index contributed by atoms with van der Waals surface area (Å²) < 4.78 is 11.1. The second-order valence-electron chi connectivity index (χ2n) is 4.43. The van der Waals surface area contributed by atoms with Crippen molar-refractivity contribution in [3.05, 3.63) is 53.1 Å². The van der Waals surface area contributed by atoms with Crippen molar-refractivity contribution < 1.29 is 9.47 Å². The molecular weight excluding hydrogens is 300 g/mol. The molecule has 0 bridgehead atoms. The maximum atomic E-state index is 6.26. The van der Waals surface area contributed by atoms with Crippen molar-refractivity contribution in [3.63, 3.8) is 0 Å². The van der Waals surface area contributed by atoms with Gasteiger partial charge in [0, 0.05) is 0 Å². The van der Waals surface area contributed by atoms with Crippen LogP contribution in [0.15, 0.2) is 47.6 Å². The third-order valence-electron chi connectivity index (χ3n) is 2.80. The fourth-order valence-electron chi connectivity index (χ4n) is 1.90. The number of nitrogens with one attached hydrogen (secondary N) is 1. The number of rotatable bonds is 7. The Bertz CT molecular complexity index is 630. The molecule has 1 N–H and O–H groups in total. The zero-order chi connectivity index (χ0) is 15.8. The van der Waals surface area contributed by atoms with E-state index >= 15 is 0 Å². The van der Waals surface area contributed by atoms with Gasteiger partial charge in [0.1, 0.15) is 0 Å². The van der Waals surface area contributed by atoms with E-state index in [4.69, 9.17) is 21.1 Å². The lowest BCUT2D eigenvalue weighted by molar-refractivity contribution is 0.288. The number of ether oxygens (including phenoxy) is 2. The summed E-state index contributed by atoms with van der Waals surface area (Å²) >= 11 is 6.26. The van der Waals surface area contributed by atoms with Gasteiger partial charge in [-0.1, -0.05) is 29.8 Å². The number of benzene rings is 2. The normalized spacial score (nSPS) is 10.7. The Kier molecular flexibility index (Phi) is 6.10. The fraction of sp³-hybridized carbons (Fsp3) is 0.235. The zero-order valence-corrected chi connectivity index (χ0v) is 13.4. The van der Waals surface area contributed by atoms with Gasteiger partial charge in [-0.2, -0.15) is 5.10 Å². The van der Waals surface area contributed by atoms with Crippen LogP contribution in [-0.4, -0.2) is 19.4 Å². The van der Waals surface area contributed by atoms with Crippen LogP contribution >= 0.6 is 11.6 Å². The first-order valence-corrected chi connectivity index (χ1v) is 7.55. The van der Waals surface area contributed by atoms with Crippen molar-refractivity contribution in [3.8, 4) is 11.5 Å². The summed E-state index contributed by atoms with van der Waals surface area (Å²) in [4.78, 5) is 0. The van der Waals surface area contributed by atoms with Crippen LogP contribution in [0.5, 0.6) is 11.5 Å². The van der Waals surface area contributed by atoms with Crippen molar-refractivity contribution in [2.75, 3.05) is 18.6 Å². The number of hydrogen-bond acceptors (Lipinski definition) is 4. The van der Waals surface area contributed by atoms with Crippen molar-refractivity contribution in [2.24, 2.45) is 5.10 Å². The van der Waals surface area contributed by atoms with Crippen molar-refractivity contribution in [1.82, 2.24) is 0 Å². The van der Waals surface area contributed by atoms with Gasteiger partial charge in [-0.15, -0.1) is 0 Å². The van der Waals surface area contributed by atoms with Gasteiger partial charge >= 0.3 is 0 Å². The molecule has 0 unspecified atom stereocenters. The number of nitrogens with zero attached hydrogens (tertiary/aromatic N) is 1. The number of hydrogen-bond donors (Lipinski definition) is 1. The molecule has 0 aliphatic heterocycles. The van der Waals surface area contributed by atoms with Crippen LogP contribution in [0.3, 0.4) is 0 Å². The van der Waals surface area contributed by atoms with E-state index < -0.39 is 0 Å². The minimum Gasteiger partial charge on any atom is -0.490 e. The third-order valence-corrected chi connectivity index (χ3v) is 3.08. The highest BCUT2D eigenvalue weighted by Crippen LogP contribution is 2.36. The molecule has 0 saturated heterocycles. The van der Waals surface area contributed by atoms with E-state index in [2.05, 4.69) is 10.5 Å². The Labute approximate surface area is 135 Å². The highest BCUT2D eigenvalue weighted by Gasteiger charge is 2.11. The second-order valence-corrected chi connectivity index (χ2v) is 4.84. The SMILES string of the molecule is CCOc1cc(C=NNc2ccccc2)cc(Cl)c1OCC. The van der Waals surface area contributed by atoms with Crippen LogP contribution in [0.2, 0.25) is 5.02 Å². The van der Waals surface area contributed by atoms with E-state index in [-0.39, 0.29) is 0 Å². The van der Waals surface area contributed by atoms with Gasteiger partial charge in [0.2, 0.25) is 0 Å². The van der Waals surface area contributed by atoms with E-state index in [9.17, 15) is 0 Å². The van der Waals surface area contributed by atoms with E-state index in [0.717, 1.165) is 11.3 Å². The molecule has 0 heterocycles. The van der Waals surface area contributed by atoms with Gasteiger partial charge in [0.05, 0.1) is 30.1 Å². The lowest BCUT2D eigenvalue weighted by atomic mass is 10.2. The molecule has 0 radical (unpaired) electrons. The van der Waals surface area contributed by atoms with E-state index in [1.165, 1.54) is 0 Å². The number of para-hydroxylation sites is 1. The van der Waals surface area contributed by atoms with Crippen molar-refractivity contribution >= 4 is 23.5 Å². The smallest absolute Gasteiger partial charge is 0.179 e. The van der Waals surface area contributed by atoms with Gasteiger partial charge in [0.25, 0.3) is 0 Å². The molecular formula is C17H19ClN2O2. The minimum absolute atomic E-state index is 0.508. The molecule has 2 aromatic carbocycles. The Balaban J connectivity index is 2.17. The summed E-state index contributed by atoms with van der Waals surface area (Å²) in [6.07, 6.45) is 1.69. The second kappa shape index (κ2) is 8.29. The molecule has 0 aliphatic rings. The monoisotopic (exact) mass is 318 g/mol. The predicted molar refractivity (Wildman–Crippen MR) is 91.4 cm³/mol. The first-order chi connectivity index (χ1) is 10.7. The van der Waals surface area contributed by atoms with Crippen LogP contribution < -0.4 is 14.9 Å². The number of halogens is 1. The molecule has 2 aromatic rings. The molecule has 0 aromatic heterocycles. The molecule has 0 fully saturated rings. The predicted octanol–water partition coefficient (Wildman–Crippen LogP) is 4.58. The van der Waals surface area contributed by atoms with Crippen LogP contribution in [-0.2, 0) is 0 Å². The molecule has 22 heavy (non-hydrogen) atoms. The maximum Gasteiger partial charge on any atom is 0.179 e. The molecule has 5 heteroatoms. The quantitative estimate of drug-likeness (QED) is 0.600. The summed E-state index contributed by atoms with van der Waals surface area (Å²) in [6.45, 7) is 4.90. The van der Waals surface area contributed by atoms with Crippen LogP contribution in [0, 0.1) is 0 Å². The molecule has 0 aliphatic carbocycles. The maximum absolute atomic E-state index is 6.26. The third kappa shape index (κ3) is 4.40. The molecule has 4 nitrogen and oxygen atoms in total. The van der Waals surface area contributed by atoms with Gasteiger partial charge in [-0.3, -0.25) is 5.43 Å². The van der Waals surface area contributed by atoms with Gasteiger partial charge in [-0.05, 0) is 43.7 Å². The van der Waals surface area contributed by atoms with E-state index in [1.807, 2.05) is 50.2 Å². The molecule has 2 rings (SSSR count). The Morgan fingerprint density at radius 3 is 2.50 bits per heavy atom. The summed E-state index contributed by atoms with van der Waals surface area (Å²) in [5.41, 5.74) is 4.71. The largest absolute Gasteiger partial charge is 0.490 e. The number of hydrazone groups is 1. The molecule has 0 amide bonds. The van der Waals surface area contributed by atoms with Crippen LogP contribution in [0.4, 0.5) is 5.69 Å². The summed E-state index contributed by atoms with van der Waals surface area (Å²) in [6, 6.07) is 13.4. The van der Waals surface area contributed by atoms with Crippen molar-refractivity contribution in [2.45, 2.75) is 13.8 Å². The first-order valence-electron chi connectivity index (χ1n) is 7.17. The van der Waals surface area contributed by atoms with Gasteiger partial charge in [-0.25, -0.2) is 0 Å². The summed E-state index contributed by atoms with van der Waals surface area (Å²) in [5, 5.41) is 4.71. The van der Waals surface area contributed by atoms with Crippen LogP contribution in [0.25, 0.3) is 0 Å². The van der Waals surface area contributed by atoms with Gasteiger partial charge < -0.3 is 9.47 Å². The van der Waals surface area contributed by atoms with Crippen molar-refractivity contribution in [1.29, 1.82) is 0 Å². The average Bonchev–Trinajstić information content (AvgIpc) is 2.52. The Morgan fingerprint density at radius 2 is 1.82 bits per heavy atom. The fourth-order valence-corrected chi connectivity index (χ4v) is 2.18. The minimum atomic E-state index is 0.508. The van der Waals surface area contributed by atoms with E-state index in [1.54, 1.807) is 12.3 Å². The molecule has 0 spiro atoms. The van der Waals surface area contributed by atoms with Gasteiger partial charge in [0.15, 0.2) is 11.5 Å². The highest BCUT2D eigenvalue weighted by atomic mass is 35.5. The lowest BCUT2D eigenvalue weighted by Gasteiger charge is -2.13. The zero-order valence-electron chi connectivity index (χ0n) is 12.7. The average molecular weight is 319 g/mol. The lowest BCUT2D eigenvalue weighted by Crippen LogP contribution is -2.00. The summed E-state index contributed by atoms with van der Waals surface area (Å²) in [7, 11) is 0. The van der Waals surface area contributed by atoms with Crippen LogP contribution in [0.1, 0.15) is 19.4 Å². The Morgan fingerprint density at radius 1 is 1.09 bits per heavy atom. The molecule has 0 saturated carbocycles. The molecule has 0 atom stereocenters. The standard InChI is InChI=1S/C17H19ClN2O2/c1-3-21-16-11-13(10-15(18)17(16)22-4-2)12-19-20-14-8-6-5-7-9-14/h5-12,20H,3-4H2,1-2H3. The molecule has 116 valence electrons. The van der Waals surface area contributed by atoms with E-state index in [0.29, 0.717) is 29.7 Å². The highest BCUT2D eigenvalue weighted by molar-refractivity contribution is 6.32. The summed E-state index contributed by atoms with van der Waals surface area (Å²) in [5.74, 6) is 1.19. The topological polar surface area (TPSA) is 42.8 Å². The number of anilines is 1. The Hall–Kier alpha value is -2.20.